The van der Waals surface area contributed by atoms with E-state index in [4.69, 9.17) is 9.47 Å². The van der Waals surface area contributed by atoms with E-state index < -0.39 is 0 Å². The minimum atomic E-state index is -0.304. The fourth-order valence-corrected chi connectivity index (χ4v) is 6.98. The normalized spacial score (nSPS) is 21.9. The average Bonchev–Trinajstić information content (AvgIpc) is 3.29. The number of nitrogens with zero attached hydrogens (tertiary/aromatic N) is 1. The van der Waals surface area contributed by atoms with Gasteiger partial charge >= 0.3 is 6.09 Å². The van der Waals surface area contributed by atoms with Crippen LogP contribution in [0.1, 0.15) is 45.8 Å². The van der Waals surface area contributed by atoms with E-state index in [1.807, 2.05) is 47.4 Å². The van der Waals surface area contributed by atoms with Gasteiger partial charge in [-0.3, -0.25) is 9.69 Å². The summed E-state index contributed by atoms with van der Waals surface area (Å²) in [5.41, 5.74) is 6.76. The molecule has 5 heteroatoms. The molecule has 0 radical (unpaired) electrons. The number of rotatable bonds is 4. The molecule has 0 N–H and O–H groups in total. The van der Waals surface area contributed by atoms with E-state index in [9.17, 15) is 9.59 Å². The van der Waals surface area contributed by atoms with Gasteiger partial charge in [0.2, 0.25) is 0 Å². The maximum Gasteiger partial charge on any atom is 0.410 e. The zero-order chi connectivity index (χ0) is 26.5. The summed E-state index contributed by atoms with van der Waals surface area (Å²) in [5, 5.41) is 2.12. The number of ether oxygens (including phenoxy) is 2. The Balaban J connectivity index is 1.09. The van der Waals surface area contributed by atoms with Crippen LogP contribution in [0, 0.1) is 12.8 Å². The SMILES string of the molecule is Cc1ccc(C(=O)C2CC3COCC(C2)N3C(=O)OCC2c3ccccc3-c3ccccc32)c2ccccc12. The third kappa shape index (κ3) is 4.04. The minimum Gasteiger partial charge on any atom is -0.448 e. The lowest BCUT2D eigenvalue weighted by atomic mass is 9.80. The molecule has 2 unspecified atom stereocenters. The Morgan fingerprint density at radius 2 is 1.38 bits per heavy atom. The quantitative estimate of drug-likeness (QED) is 0.281. The van der Waals surface area contributed by atoms with E-state index in [2.05, 4.69) is 49.4 Å². The molecule has 0 saturated carbocycles. The van der Waals surface area contributed by atoms with Crippen LogP contribution in [0.4, 0.5) is 4.79 Å². The number of ketones is 1. The summed E-state index contributed by atoms with van der Waals surface area (Å²) >= 11 is 0. The van der Waals surface area contributed by atoms with Crippen molar-refractivity contribution in [2.45, 2.75) is 37.8 Å². The van der Waals surface area contributed by atoms with Gasteiger partial charge in [0.25, 0.3) is 0 Å². The molecular weight excluding hydrogens is 486 g/mol. The Labute approximate surface area is 228 Å². The third-order valence-electron chi connectivity index (χ3n) is 8.85. The second kappa shape index (κ2) is 9.65. The average molecular weight is 518 g/mol. The highest BCUT2D eigenvalue weighted by atomic mass is 16.6. The van der Waals surface area contributed by atoms with Crippen LogP contribution in [0.5, 0.6) is 0 Å². The zero-order valence-electron chi connectivity index (χ0n) is 22.0. The molecule has 2 heterocycles. The van der Waals surface area contributed by atoms with Crippen molar-refractivity contribution >= 4 is 22.6 Å². The van der Waals surface area contributed by atoms with Crippen LogP contribution in [0.15, 0.2) is 84.9 Å². The summed E-state index contributed by atoms with van der Waals surface area (Å²) in [6.45, 7) is 3.23. The van der Waals surface area contributed by atoms with Crippen LogP contribution in [0.3, 0.4) is 0 Å². The Kier molecular flexibility index (Phi) is 5.97. The summed E-state index contributed by atoms with van der Waals surface area (Å²) in [6, 6.07) is 28.5. The maximum atomic E-state index is 13.8. The molecule has 39 heavy (non-hydrogen) atoms. The van der Waals surface area contributed by atoms with E-state index in [0.717, 1.165) is 21.9 Å². The second-order valence-electron chi connectivity index (χ2n) is 11.1. The fourth-order valence-electron chi connectivity index (χ4n) is 6.98. The van der Waals surface area contributed by atoms with Crippen LogP contribution in [0.2, 0.25) is 0 Å². The predicted octanol–water partition coefficient (Wildman–Crippen LogP) is 6.76. The molecule has 2 atom stereocenters. The van der Waals surface area contributed by atoms with Crippen molar-refractivity contribution in [3.63, 3.8) is 0 Å². The molecule has 5 nitrogen and oxygen atoms in total. The molecule has 0 aromatic heterocycles. The summed E-state index contributed by atoms with van der Waals surface area (Å²) in [5.74, 6) is 0.0364. The van der Waals surface area contributed by atoms with Gasteiger partial charge in [0.1, 0.15) is 6.61 Å². The number of hydrogen-bond donors (Lipinski definition) is 0. The molecular formula is C34H31NO4. The van der Waals surface area contributed by atoms with E-state index in [1.165, 1.54) is 22.3 Å². The van der Waals surface area contributed by atoms with Crippen molar-refractivity contribution in [2.24, 2.45) is 5.92 Å². The summed E-state index contributed by atoms with van der Waals surface area (Å²) in [4.78, 5) is 29.2. The number of fused-ring (bicyclic) bond motifs is 6. The number of hydrogen-bond acceptors (Lipinski definition) is 4. The number of piperidine rings is 1. The summed E-state index contributed by atoms with van der Waals surface area (Å²) in [7, 11) is 0. The monoisotopic (exact) mass is 517 g/mol. The molecule has 196 valence electrons. The lowest BCUT2D eigenvalue weighted by Gasteiger charge is -2.47. The van der Waals surface area contributed by atoms with Gasteiger partial charge in [-0.05, 0) is 58.4 Å². The first kappa shape index (κ1) is 24.1. The van der Waals surface area contributed by atoms with Crippen molar-refractivity contribution in [3.05, 3.63) is 107 Å². The molecule has 4 aromatic carbocycles. The molecule has 2 aliphatic heterocycles. The number of carbonyl (C=O) groups is 2. The summed E-state index contributed by atoms with van der Waals surface area (Å²) < 4.78 is 11.9. The highest BCUT2D eigenvalue weighted by molar-refractivity contribution is 6.10. The molecule has 0 spiro atoms. The zero-order valence-corrected chi connectivity index (χ0v) is 22.0. The first-order valence-electron chi connectivity index (χ1n) is 13.8. The molecule has 2 saturated heterocycles. The lowest BCUT2D eigenvalue weighted by Crippen LogP contribution is -2.60. The first-order valence-corrected chi connectivity index (χ1v) is 13.8. The van der Waals surface area contributed by atoms with Gasteiger partial charge in [0.15, 0.2) is 5.78 Å². The standard InChI is InChI=1S/C34H31NO4/c1-21-14-15-31(26-9-3-2-8-25(21)26)33(36)22-16-23-18-38-19-24(17-22)35(23)34(37)39-20-32-29-12-6-4-10-27(29)28-11-5-7-13-30(28)32/h2-15,22-24,32H,16-20H2,1H3. The van der Waals surface area contributed by atoms with Crippen LogP contribution in [-0.4, -0.2) is 48.7 Å². The number of benzene rings is 4. The molecule has 7 rings (SSSR count). The second-order valence-corrected chi connectivity index (χ2v) is 11.1. The Morgan fingerprint density at radius 1 is 0.795 bits per heavy atom. The predicted molar refractivity (Wildman–Crippen MR) is 151 cm³/mol. The number of Topliss-reactive ketones (excluding diaryl/α,β-unsaturated/α-hetero) is 1. The smallest absolute Gasteiger partial charge is 0.410 e. The van der Waals surface area contributed by atoms with Gasteiger partial charge in [-0.2, -0.15) is 0 Å². The van der Waals surface area contributed by atoms with Gasteiger partial charge < -0.3 is 9.47 Å². The van der Waals surface area contributed by atoms with Crippen LogP contribution in [0.25, 0.3) is 21.9 Å². The number of aryl methyl sites for hydroxylation is 1. The molecule has 3 aliphatic rings. The van der Waals surface area contributed by atoms with Crippen molar-refractivity contribution < 1.29 is 19.1 Å². The van der Waals surface area contributed by atoms with E-state index in [1.54, 1.807) is 0 Å². The van der Waals surface area contributed by atoms with Crippen LogP contribution in [-0.2, 0) is 9.47 Å². The summed E-state index contributed by atoms with van der Waals surface area (Å²) in [6.07, 6.45) is 0.866. The van der Waals surface area contributed by atoms with Gasteiger partial charge in [0.05, 0.1) is 25.3 Å². The molecule has 2 bridgehead atoms. The Hall–Kier alpha value is -3.96. The van der Waals surface area contributed by atoms with E-state index >= 15 is 0 Å². The van der Waals surface area contributed by atoms with Crippen LogP contribution < -0.4 is 0 Å². The van der Waals surface area contributed by atoms with Gasteiger partial charge in [-0.25, -0.2) is 4.79 Å². The lowest BCUT2D eigenvalue weighted by molar-refractivity contribution is -0.0747. The topological polar surface area (TPSA) is 55.8 Å². The van der Waals surface area contributed by atoms with Crippen LogP contribution >= 0.6 is 0 Å². The molecule has 1 aliphatic carbocycles. The molecule has 4 aromatic rings. The third-order valence-corrected chi connectivity index (χ3v) is 8.85. The van der Waals surface area contributed by atoms with Crippen molar-refractivity contribution in [1.29, 1.82) is 0 Å². The fraction of sp³-hybridized carbons (Fsp3) is 0.294. The van der Waals surface area contributed by atoms with Gasteiger partial charge in [0, 0.05) is 17.4 Å². The number of amides is 1. The van der Waals surface area contributed by atoms with E-state index in [0.29, 0.717) is 32.7 Å². The minimum absolute atomic E-state index is 0.0198. The number of morpholine rings is 1. The highest BCUT2D eigenvalue weighted by Gasteiger charge is 2.45. The highest BCUT2D eigenvalue weighted by Crippen LogP contribution is 2.45. The number of carbonyl (C=O) groups excluding carboxylic acids is 2. The van der Waals surface area contributed by atoms with Gasteiger partial charge in [-0.1, -0.05) is 84.9 Å². The van der Waals surface area contributed by atoms with Gasteiger partial charge in [-0.15, -0.1) is 0 Å². The van der Waals surface area contributed by atoms with E-state index in [-0.39, 0.29) is 35.8 Å². The van der Waals surface area contributed by atoms with Crippen molar-refractivity contribution in [3.8, 4) is 11.1 Å². The maximum absolute atomic E-state index is 13.8. The first-order chi connectivity index (χ1) is 19.1. The Morgan fingerprint density at radius 3 is 2.05 bits per heavy atom. The molecule has 1 amide bonds. The largest absolute Gasteiger partial charge is 0.448 e. The van der Waals surface area contributed by atoms with Crippen molar-refractivity contribution in [2.75, 3.05) is 19.8 Å². The molecule has 2 fully saturated rings. The van der Waals surface area contributed by atoms with Crippen molar-refractivity contribution in [1.82, 2.24) is 4.90 Å². The Bertz CT molecular complexity index is 1530.